The van der Waals surface area contributed by atoms with E-state index in [0.29, 0.717) is 13.1 Å². The van der Waals surface area contributed by atoms with E-state index in [9.17, 15) is 13.2 Å². The second-order valence-electron chi connectivity index (χ2n) is 5.12. The summed E-state index contributed by atoms with van der Waals surface area (Å²) in [5, 5.41) is 0. The molecule has 5 nitrogen and oxygen atoms in total. The molecule has 0 aromatic heterocycles. The van der Waals surface area contributed by atoms with Crippen LogP contribution in [0.25, 0.3) is 0 Å². The standard InChI is InChI=1S/C11H20N2O3S/c1-9(2)13-4-3-10(11(13)14)12-5-7-17(15,16)8-6-12/h9-10H,3-8H2,1-2H3/t10-/m1/s1. The highest BCUT2D eigenvalue weighted by molar-refractivity contribution is 7.91. The summed E-state index contributed by atoms with van der Waals surface area (Å²) in [6, 6.07) is 0.147. The summed E-state index contributed by atoms with van der Waals surface area (Å²) in [5.74, 6) is 0.552. The van der Waals surface area contributed by atoms with Crippen LogP contribution in [0.3, 0.4) is 0 Å². The summed E-state index contributed by atoms with van der Waals surface area (Å²) < 4.78 is 22.7. The zero-order valence-corrected chi connectivity index (χ0v) is 11.2. The van der Waals surface area contributed by atoms with Crippen molar-refractivity contribution in [2.75, 3.05) is 31.1 Å². The Labute approximate surface area is 103 Å². The molecule has 1 atom stereocenters. The molecule has 17 heavy (non-hydrogen) atoms. The van der Waals surface area contributed by atoms with E-state index in [1.54, 1.807) is 0 Å². The molecule has 0 spiro atoms. The molecule has 6 heteroatoms. The normalized spacial score (nSPS) is 30.2. The maximum absolute atomic E-state index is 12.1. The number of nitrogens with zero attached hydrogens (tertiary/aromatic N) is 2. The number of carbonyl (C=O) groups is 1. The number of rotatable bonds is 2. The lowest BCUT2D eigenvalue weighted by Crippen LogP contribution is -2.49. The monoisotopic (exact) mass is 260 g/mol. The minimum Gasteiger partial charge on any atom is -0.339 e. The lowest BCUT2D eigenvalue weighted by Gasteiger charge is -2.31. The van der Waals surface area contributed by atoms with Crippen LogP contribution in [-0.2, 0) is 14.6 Å². The van der Waals surface area contributed by atoms with Crippen molar-refractivity contribution in [2.24, 2.45) is 0 Å². The SMILES string of the molecule is CC(C)N1CC[C@@H](N2CCS(=O)(=O)CC2)C1=O. The van der Waals surface area contributed by atoms with Gasteiger partial charge in [-0.1, -0.05) is 0 Å². The van der Waals surface area contributed by atoms with Gasteiger partial charge in [0.2, 0.25) is 5.91 Å². The van der Waals surface area contributed by atoms with Gasteiger partial charge in [0.15, 0.2) is 9.84 Å². The van der Waals surface area contributed by atoms with Gasteiger partial charge in [0.05, 0.1) is 17.5 Å². The first-order valence-corrected chi connectivity index (χ1v) is 7.98. The van der Waals surface area contributed by atoms with Gasteiger partial charge in [-0.05, 0) is 20.3 Å². The molecule has 0 aromatic rings. The summed E-state index contributed by atoms with van der Waals surface area (Å²) in [5.41, 5.74) is 0. The van der Waals surface area contributed by atoms with Crippen molar-refractivity contribution in [3.8, 4) is 0 Å². The Bertz CT molecular complexity index is 391. The first kappa shape index (κ1) is 12.8. The maximum atomic E-state index is 12.1. The van der Waals surface area contributed by atoms with Gasteiger partial charge in [0, 0.05) is 25.7 Å². The largest absolute Gasteiger partial charge is 0.339 e. The highest BCUT2D eigenvalue weighted by atomic mass is 32.2. The third kappa shape index (κ3) is 2.63. The number of hydrogen-bond donors (Lipinski definition) is 0. The van der Waals surface area contributed by atoms with Crippen LogP contribution in [0.15, 0.2) is 0 Å². The smallest absolute Gasteiger partial charge is 0.240 e. The van der Waals surface area contributed by atoms with Crippen molar-refractivity contribution in [2.45, 2.75) is 32.4 Å². The van der Waals surface area contributed by atoms with Gasteiger partial charge in [-0.25, -0.2) is 8.42 Å². The van der Waals surface area contributed by atoms with E-state index in [-0.39, 0.29) is 29.5 Å². The average Bonchev–Trinajstić information content (AvgIpc) is 2.60. The molecule has 0 bridgehead atoms. The molecule has 0 radical (unpaired) electrons. The number of carbonyl (C=O) groups excluding carboxylic acids is 1. The third-order valence-electron chi connectivity index (χ3n) is 3.65. The van der Waals surface area contributed by atoms with Gasteiger partial charge < -0.3 is 4.90 Å². The van der Waals surface area contributed by atoms with E-state index in [1.807, 2.05) is 23.6 Å². The Balaban J connectivity index is 1.99. The van der Waals surface area contributed by atoms with Crippen molar-refractivity contribution < 1.29 is 13.2 Å². The fourth-order valence-corrected chi connectivity index (χ4v) is 3.81. The average molecular weight is 260 g/mol. The van der Waals surface area contributed by atoms with E-state index in [4.69, 9.17) is 0 Å². The molecule has 0 saturated carbocycles. The summed E-state index contributed by atoms with van der Waals surface area (Å²) in [6.07, 6.45) is 0.830. The Kier molecular flexibility index (Phi) is 3.45. The number of likely N-dealkylation sites (tertiary alicyclic amines) is 1. The van der Waals surface area contributed by atoms with E-state index in [1.165, 1.54) is 0 Å². The van der Waals surface area contributed by atoms with E-state index < -0.39 is 9.84 Å². The molecular weight excluding hydrogens is 240 g/mol. The Morgan fingerprint density at radius 3 is 2.24 bits per heavy atom. The molecule has 1 amide bonds. The highest BCUT2D eigenvalue weighted by Gasteiger charge is 2.38. The summed E-state index contributed by atoms with van der Waals surface area (Å²) >= 11 is 0. The van der Waals surface area contributed by atoms with Crippen LogP contribution in [0, 0.1) is 0 Å². The van der Waals surface area contributed by atoms with Gasteiger partial charge in [-0.3, -0.25) is 9.69 Å². The van der Waals surface area contributed by atoms with Crippen molar-refractivity contribution in [3.05, 3.63) is 0 Å². The second-order valence-corrected chi connectivity index (χ2v) is 7.42. The second kappa shape index (κ2) is 4.57. The number of hydrogen-bond acceptors (Lipinski definition) is 4. The molecular formula is C11H20N2O3S. The fraction of sp³-hybridized carbons (Fsp3) is 0.909. The Morgan fingerprint density at radius 1 is 1.18 bits per heavy atom. The first-order valence-electron chi connectivity index (χ1n) is 6.16. The van der Waals surface area contributed by atoms with Crippen LogP contribution < -0.4 is 0 Å². The molecule has 0 unspecified atom stereocenters. The quantitative estimate of drug-likeness (QED) is 0.685. The zero-order chi connectivity index (χ0) is 12.6. The predicted octanol–water partition coefficient (Wildman–Crippen LogP) is -0.274. The molecule has 2 aliphatic heterocycles. The zero-order valence-electron chi connectivity index (χ0n) is 10.4. The van der Waals surface area contributed by atoms with Crippen molar-refractivity contribution in [1.82, 2.24) is 9.80 Å². The Morgan fingerprint density at radius 2 is 1.76 bits per heavy atom. The van der Waals surface area contributed by atoms with Crippen LogP contribution in [0.2, 0.25) is 0 Å². The van der Waals surface area contributed by atoms with Gasteiger partial charge in [-0.15, -0.1) is 0 Å². The summed E-state index contributed by atoms with van der Waals surface area (Å²) in [7, 11) is -2.86. The van der Waals surface area contributed by atoms with Crippen molar-refractivity contribution >= 4 is 15.7 Å². The summed E-state index contributed by atoms with van der Waals surface area (Å²) in [6.45, 7) is 5.83. The van der Waals surface area contributed by atoms with E-state index in [0.717, 1.165) is 13.0 Å². The topological polar surface area (TPSA) is 57.7 Å². The van der Waals surface area contributed by atoms with Gasteiger partial charge >= 0.3 is 0 Å². The maximum Gasteiger partial charge on any atom is 0.240 e. The summed E-state index contributed by atoms with van der Waals surface area (Å²) in [4.78, 5) is 16.1. The van der Waals surface area contributed by atoms with Gasteiger partial charge in [0.1, 0.15) is 0 Å². The Hall–Kier alpha value is -0.620. The predicted molar refractivity (Wildman–Crippen MR) is 65.5 cm³/mol. The molecule has 2 saturated heterocycles. The van der Waals surface area contributed by atoms with Crippen LogP contribution in [0.1, 0.15) is 20.3 Å². The molecule has 2 aliphatic rings. The molecule has 0 aliphatic carbocycles. The molecule has 2 heterocycles. The highest BCUT2D eigenvalue weighted by Crippen LogP contribution is 2.21. The van der Waals surface area contributed by atoms with Crippen LogP contribution in [-0.4, -0.2) is 67.3 Å². The minimum absolute atomic E-state index is 0.0899. The van der Waals surface area contributed by atoms with E-state index >= 15 is 0 Å². The lowest BCUT2D eigenvalue weighted by atomic mass is 10.2. The van der Waals surface area contributed by atoms with E-state index in [2.05, 4.69) is 0 Å². The molecule has 98 valence electrons. The fourth-order valence-electron chi connectivity index (χ4n) is 2.58. The third-order valence-corrected chi connectivity index (χ3v) is 5.26. The lowest BCUT2D eigenvalue weighted by molar-refractivity contribution is -0.133. The molecule has 0 N–H and O–H groups in total. The van der Waals surface area contributed by atoms with Crippen molar-refractivity contribution in [1.29, 1.82) is 0 Å². The number of amides is 1. The van der Waals surface area contributed by atoms with Gasteiger partial charge in [0.25, 0.3) is 0 Å². The molecule has 0 aromatic carbocycles. The van der Waals surface area contributed by atoms with Crippen LogP contribution in [0.5, 0.6) is 0 Å². The van der Waals surface area contributed by atoms with Crippen LogP contribution in [0.4, 0.5) is 0 Å². The number of sulfone groups is 1. The molecule has 2 fully saturated rings. The van der Waals surface area contributed by atoms with Gasteiger partial charge in [-0.2, -0.15) is 0 Å². The first-order chi connectivity index (χ1) is 7.91. The van der Waals surface area contributed by atoms with Crippen LogP contribution >= 0.6 is 0 Å². The molecule has 2 rings (SSSR count). The van der Waals surface area contributed by atoms with Crippen molar-refractivity contribution in [3.63, 3.8) is 0 Å². The minimum atomic E-state index is -2.86.